The number of carbonyl (C=O) groups excluding carboxylic acids is 1. The monoisotopic (exact) mass is 356 g/mol. The number of rotatable bonds is 4. The van der Waals surface area contributed by atoms with E-state index in [4.69, 9.17) is 9.47 Å². The minimum absolute atomic E-state index is 0.135. The van der Waals surface area contributed by atoms with Gasteiger partial charge in [0.1, 0.15) is 5.82 Å². The van der Waals surface area contributed by atoms with E-state index in [1.807, 2.05) is 34.1 Å². The number of benzene rings is 2. The van der Waals surface area contributed by atoms with E-state index in [0.29, 0.717) is 44.7 Å². The predicted octanol–water partition coefficient (Wildman–Crippen LogP) is 2.84. The number of para-hydroxylation sites is 1. The molecule has 136 valence electrons. The van der Waals surface area contributed by atoms with Gasteiger partial charge in [0, 0.05) is 32.6 Å². The molecule has 0 radical (unpaired) electrons. The van der Waals surface area contributed by atoms with Gasteiger partial charge in [-0.2, -0.15) is 0 Å². The minimum atomic E-state index is -0.213. The van der Waals surface area contributed by atoms with E-state index in [0.717, 1.165) is 17.1 Å². The van der Waals surface area contributed by atoms with Crippen LogP contribution in [0.3, 0.4) is 0 Å². The average Bonchev–Trinajstić information content (AvgIpc) is 3.14. The van der Waals surface area contributed by atoms with Gasteiger partial charge >= 0.3 is 0 Å². The highest BCUT2D eigenvalue weighted by atomic mass is 19.1. The summed E-state index contributed by atoms with van der Waals surface area (Å²) in [7, 11) is 0. The topological polar surface area (TPSA) is 42.0 Å². The van der Waals surface area contributed by atoms with Crippen LogP contribution in [0.15, 0.2) is 42.5 Å². The zero-order valence-electron chi connectivity index (χ0n) is 14.5. The maximum absolute atomic E-state index is 13.9. The number of nitrogens with zero attached hydrogens (tertiary/aromatic N) is 2. The van der Waals surface area contributed by atoms with Gasteiger partial charge in [-0.1, -0.05) is 18.2 Å². The molecular weight excluding hydrogens is 335 g/mol. The summed E-state index contributed by atoms with van der Waals surface area (Å²) in [6, 6.07) is 12.6. The minimum Gasteiger partial charge on any atom is -0.454 e. The molecule has 2 aliphatic heterocycles. The quantitative estimate of drug-likeness (QED) is 0.845. The number of anilines is 1. The van der Waals surface area contributed by atoms with Gasteiger partial charge < -0.3 is 19.3 Å². The molecule has 2 aromatic carbocycles. The molecular formula is C20H21FN2O3. The van der Waals surface area contributed by atoms with E-state index in [2.05, 4.69) is 0 Å². The van der Waals surface area contributed by atoms with Crippen LogP contribution in [0, 0.1) is 5.82 Å². The van der Waals surface area contributed by atoms with Crippen LogP contribution in [0.4, 0.5) is 10.1 Å². The molecule has 1 amide bonds. The Bertz CT molecular complexity index is 803. The molecule has 0 N–H and O–H groups in total. The number of ether oxygens (including phenoxy) is 2. The fourth-order valence-corrected chi connectivity index (χ4v) is 3.41. The normalized spacial score (nSPS) is 16.0. The number of amides is 1. The summed E-state index contributed by atoms with van der Waals surface area (Å²) in [6.45, 7) is 2.79. The number of aryl methyl sites for hydroxylation is 1. The lowest BCUT2D eigenvalue weighted by Crippen LogP contribution is -2.49. The third-order valence-corrected chi connectivity index (χ3v) is 4.89. The van der Waals surface area contributed by atoms with Crippen molar-refractivity contribution < 1.29 is 18.7 Å². The average molecular weight is 356 g/mol. The van der Waals surface area contributed by atoms with E-state index in [-0.39, 0.29) is 18.5 Å². The molecule has 2 aromatic rings. The fraction of sp³-hybridized carbons (Fsp3) is 0.350. The van der Waals surface area contributed by atoms with Crippen LogP contribution in [-0.4, -0.2) is 43.8 Å². The molecule has 2 heterocycles. The highest BCUT2D eigenvalue weighted by Crippen LogP contribution is 2.32. The number of piperazine rings is 1. The standard InChI is InChI=1S/C20H21FN2O3/c21-16-3-1-2-4-17(16)22-9-11-23(12-10-22)20(24)8-6-15-5-7-18-19(13-15)26-14-25-18/h1-5,7,13H,6,8-12,14H2. The van der Waals surface area contributed by atoms with Crippen LogP contribution in [-0.2, 0) is 11.2 Å². The van der Waals surface area contributed by atoms with Crippen molar-refractivity contribution in [2.24, 2.45) is 0 Å². The molecule has 0 spiro atoms. The lowest BCUT2D eigenvalue weighted by Gasteiger charge is -2.36. The Labute approximate surface area is 151 Å². The molecule has 0 atom stereocenters. The Balaban J connectivity index is 1.29. The maximum atomic E-state index is 13.9. The van der Waals surface area contributed by atoms with Crippen molar-refractivity contribution in [3.05, 3.63) is 53.8 Å². The van der Waals surface area contributed by atoms with Crippen LogP contribution in [0.2, 0.25) is 0 Å². The molecule has 2 aliphatic rings. The van der Waals surface area contributed by atoms with Gasteiger partial charge in [0.25, 0.3) is 0 Å². The van der Waals surface area contributed by atoms with Crippen LogP contribution < -0.4 is 14.4 Å². The first-order valence-corrected chi connectivity index (χ1v) is 8.86. The van der Waals surface area contributed by atoms with Crippen molar-refractivity contribution in [3.63, 3.8) is 0 Å². The summed E-state index contributed by atoms with van der Waals surface area (Å²) in [5, 5.41) is 0. The summed E-state index contributed by atoms with van der Waals surface area (Å²) >= 11 is 0. The van der Waals surface area contributed by atoms with Gasteiger partial charge in [-0.25, -0.2) is 4.39 Å². The van der Waals surface area contributed by atoms with Crippen molar-refractivity contribution in [1.82, 2.24) is 4.90 Å². The lowest BCUT2D eigenvalue weighted by molar-refractivity contribution is -0.131. The van der Waals surface area contributed by atoms with E-state index in [1.54, 1.807) is 12.1 Å². The van der Waals surface area contributed by atoms with E-state index in [1.165, 1.54) is 6.07 Å². The van der Waals surface area contributed by atoms with Gasteiger partial charge in [0.2, 0.25) is 12.7 Å². The largest absolute Gasteiger partial charge is 0.454 e. The summed E-state index contributed by atoms with van der Waals surface area (Å²) < 4.78 is 24.6. The molecule has 0 unspecified atom stereocenters. The predicted molar refractivity (Wildman–Crippen MR) is 96.1 cm³/mol. The second kappa shape index (κ2) is 7.23. The second-order valence-corrected chi connectivity index (χ2v) is 6.51. The fourth-order valence-electron chi connectivity index (χ4n) is 3.41. The van der Waals surface area contributed by atoms with Crippen LogP contribution >= 0.6 is 0 Å². The molecule has 1 saturated heterocycles. The Morgan fingerprint density at radius 1 is 1.00 bits per heavy atom. The number of halogens is 1. The van der Waals surface area contributed by atoms with E-state index >= 15 is 0 Å². The van der Waals surface area contributed by atoms with Crippen LogP contribution in [0.5, 0.6) is 11.5 Å². The first-order chi connectivity index (χ1) is 12.7. The highest BCUT2D eigenvalue weighted by Gasteiger charge is 2.22. The zero-order chi connectivity index (χ0) is 17.9. The van der Waals surface area contributed by atoms with Gasteiger partial charge in [0.05, 0.1) is 5.69 Å². The third-order valence-electron chi connectivity index (χ3n) is 4.89. The SMILES string of the molecule is O=C(CCc1ccc2c(c1)OCO2)N1CCN(c2ccccc2F)CC1. The maximum Gasteiger partial charge on any atom is 0.231 e. The number of hydrogen-bond acceptors (Lipinski definition) is 4. The lowest BCUT2D eigenvalue weighted by atomic mass is 10.1. The molecule has 0 saturated carbocycles. The Morgan fingerprint density at radius 2 is 1.77 bits per heavy atom. The summed E-state index contributed by atoms with van der Waals surface area (Å²) in [4.78, 5) is 16.4. The van der Waals surface area contributed by atoms with E-state index in [9.17, 15) is 9.18 Å². The Kier molecular flexibility index (Phi) is 4.65. The van der Waals surface area contributed by atoms with Crippen molar-refractivity contribution in [2.45, 2.75) is 12.8 Å². The molecule has 26 heavy (non-hydrogen) atoms. The van der Waals surface area contributed by atoms with Crippen LogP contribution in [0.25, 0.3) is 0 Å². The van der Waals surface area contributed by atoms with E-state index < -0.39 is 0 Å². The highest BCUT2D eigenvalue weighted by molar-refractivity contribution is 5.77. The number of fused-ring (bicyclic) bond motifs is 1. The molecule has 0 aromatic heterocycles. The Morgan fingerprint density at radius 3 is 2.58 bits per heavy atom. The Hall–Kier alpha value is -2.76. The summed E-state index contributed by atoms with van der Waals surface area (Å²) in [6.07, 6.45) is 1.13. The van der Waals surface area contributed by atoms with Gasteiger partial charge in [0.15, 0.2) is 11.5 Å². The number of hydrogen-bond donors (Lipinski definition) is 0. The molecule has 0 aliphatic carbocycles. The molecule has 0 bridgehead atoms. The van der Waals surface area contributed by atoms with Crippen molar-refractivity contribution in [2.75, 3.05) is 37.9 Å². The van der Waals surface area contributed by atoms with Crippen molar-refractivity contribution in [1.29, 1.82) is 0 Å². The molecule has 5 nitrogen and oxygen atoms in total. The molecule has 6 heteroatoms. The van der Waals surface area contributed by atoms with Crippen LogP contribution in [0.1, 0.15) is 12.0 Å². The van der Waals surface area contributed by atoms with Gasteiger partial charge in [-0.05, 0) is 36.2 Å². The van der Waals surface area contributed by atoms with Crippen molar-refractivity contribution in [3.8, 4) is 11.5 Å². The molecule has 4 rings (SSSR count). The summed E-state index contributed by atoms with van der Waals surface area (Å²) in [5.74, 6) is 1.42. The van der Waals surface area contributed by atoms with Crippen molar-refractivity contribution >= 4 is 11.6 Å². The summed E-state index contributed by atoms with van der Waals surface area (Å²) in [5.41, 5.74) is 1.67. The zero-order valence-corrected chi connectivity index (χ0v) is 14.5. The van der Waals surface area contributed by atoms with Gasteiger partial charge in [-0.15, -0.1) is 0 Å². The first-order valence-electron chi connectivity index (χ1n) is 8.86. The molecule has 1 fully saturated rings. The number of carbonyl (C=O) groups is 1. The smallest absolute Gasteiger partial charge is 0.231 e. The third kappa shape index (κ3) is 3.45. The van der Waals surface area contributed by atoms with Gasteiger partial charge in [-0.3, -0.25) is 4.79 Å². The second-order valence-electron chi connectivity index (χ2n) is 6.51. The first kappa shape index (κ1) is 16.7.